The van der Waals surface area contributed by atoms with Crippen LogP contribution in [0.5, 0.6) is 0 Å². The van der Waals surface area contributed by atoms with Crippen LogP contribution in [0.2, 0.25) is 0 Å². The van der Waals surface area contributed by atoms with Crippen LogP contribution in [-0.2, 0) is 10.0 Å². The Morgan fingerprint density at radius 2 is 2.15 bits per heavy atom. The molecule has 1 atom stereocenters. The number of hydrogen-bond acceptors (Lipinski definition) is 4. The van der Waals surface area contributed by atoms with Crippen LogP contribution in [0, 0.1) is 19.8 Å². The van der Waals surface area contributed by atoms with Crippen LogP contribution in [-0.4, -0.2) is 37.9 Å². The molecule has 6 heteroatoms. The summed E-state index contributed by atoms with van der Waals surface area (Å²) in [5.41, 5.74) is 0.624. The van der Waals surface area contributed by atoms with E-state index in [2.05, 4.69) is 0 Å². The lowest BCUT2D eigenvalue weighted by molar-refractivity contribution is 0.0941. The summed E-state index contributed by atoms with van der Waals surface area (Å²) < 4.78 is 30.0. The Bertz CT molecular complexity index is 603. The normalized spacial score (nSPS) is 21.1. The molecule has 0 bridgehead atoms. The van der Waals surface area contributed by atoms with Gasteiger partial charge in [-0.25, -0.2) is 12.7 Å². The van der Waals surface area contributed by atoms with Gasteiger partial charge in [-0.05, 0) is 38.7 Å². The maximum Gasteiger partial charge on any atom is 0.211 e. The minimum atomic E-state index is -3.16. The molecule has 1 aliphatic rings. The number of hydrogen-bond donors (Lipinski definition) is 0. The molecule has 2 rings (SSSR count). The predicted octanol–water partition coefficient (Wildman–Crippen LogP) is 2.14. The largest absolute Gasteiger partial charge is 0.466 e. The summed E-state index contributed by atoms with van der Waals surface area (Å²) in [5.74, 6) is 1.51. The molecule has 1 saturated heterocycles. The Balaban J connectivity index is 2.03. The Labute approximate surface area is 120 Å². The zero-order valence-electron chi connectivity index (χ0n) is 12.2. The van der Waals surface area contributed by atoms with Crippen molar-refractivity contribution in [3.8, 4) is 0 Å². The molecule has 0 N–H and O–H groups in total. The maximum absolute atomic E-state index is 12.3. The van der Waals surface area contributed by atoms with Crippen molar-refractivity contribution in [1.29, 1.82) is 0 Å². The van der Waals surface area contributed by atoms with Crippen molar-refractivity contribution in [2.24, 2.45) is 5.92 Å². The molecule has 1 aliphatic heterocycles. The van der Waals surface area contributed by atoms with E-state index >= 15 is 0 Å². The highest BCUT2D eigenvalue weighted by Gasteiger charge is 2.28. The number of carbonyl (C=O) groups excluding carboxylic acids is 1. The molecule has 0 aromatic carbocycles. The van der Waals surface area contributed by atoms with Gasteiger partial charge in [0.15, 0.2) is 5.78 Å². The third-order valence-corrected chi connectivity index (χ3v) is 5.04. The number of aryl methyl sites for hydroxylation is 2. The molecule has 5 nitrogen and oxygen atoms in total. The molecular weight excluding hydrogens is 278 g/mol. The summed E-state index contributed by atoms with van der Waals surface area (Å²) in [6.45, 7) is 4.60. The first kappa shape index (κ1) is 15.3. The molecule has 2 heterocycles. The van der Waals surface area contributed by atoms with Gasteiger partial charge >= 0.3 is 0 Å². The van der Waals surface area contributed by atoms with Crippen molar-refractivity contribution in [2.45, 2.75) is 33.1 Å². The zero-order valence-corrected chi connectivity index (χ0v) is 13.0. The minimum Gasteiger partial charge on any atom is -0.466 e. The first-order valence-electron chi connectivity index (χ1n) is 6.82. The minimum absolute atomic E-state index is 0.0414. The van der Waals surface area contributed by atoms with Crippen molar-refractivity contribution in [3.05, 3.63) is 23.2 Å². The van der Waals surface area contributed by atoms with Crippen molar-refractivity contribution in [1.82, 2.24) is 4.31 Å². The molecule has 1 unspecified atom stereocenters. The number of carbonyl (C=O) groups is 1. The van der Waals surface area contributed by atoms with Crippen molar-refractivity contribution in [3.63, 3.8) is 0 Å². The summed E-state index contributed by atoms with van der Waals surface area (Å²) >= 11 is 0. The highest BCUT2D eigenvalue weighted by Crippen LogP contribution is 2.24. The average molecular weight is 299 g/mol. The lowest BCUT2D eigenvalue weighted by Gasteiger charge is -2.30. The summed E-state index contributed by atoms with van der Waals surface area (Å²) in [6, 6.07) is 1.76. The standard InChI is InChI=1S/C14H21NO4S/c1-10-7-13(11(2)19-10)14(16)8-12-5-4-6-15(9-12)20(3,17)18/h7,12H,4-6,8-9H2,1-3H3. The molecule has 0 spiro atoms. The van der Waals surface area contributed by atoms with Crippen LogP contribution in [0.4, 0.5) is 0 Å². The van der Waals surface area contributed by atoms with Gasteiger partial charge in [-0.1, -0.05) is 0 Å². The van der Waals surface area contributed by atoms with Crippen LogP contribution < -0.4 is 0 Å². The number of sulfonamides is 1. The molecular formula is C14H21NO4S. The average Bonchev–Trinajstić information content (AvgIpc) is 2.68. The van der Waals surface area contributed by atoms with E-state index in [1.54, 1.807) is 13.0 Å². The second-order valence-corrected chi connectivity index (χ2v) is 7.57. The molecule has 0 amide bonds. The second-order valence-electron chi connectivity index (χ2n) is 5.58. The zero-order chi connectivity index (χ0) is 14.9. The van der Waals surface area contributed by atoms with Crippen molar-refractivity contribution < 1.29 is 17.6 Å². The van der Waals surface area contributed by atoms with E-state index < -0.39 is 10.0 Å². The fourth-order valence-corrected chi connectivity index (χ4v) is 3.72. The van der Waals surface area contributed by atoms with Gasteiger partial charge in [0.25, 0.3) is 0 Å². The second kappa shape index (κ2) is 5.69. The highest BCUT2D eigenvalue weighted by molar-refractivity contribution is 7.88. The van der Waals surface area contributed by atoms with Gasteiger partial charge in [-0.2, -0.15) is 0 Å². The van der Waals surface area contributed by atoms with E-state index in [0.717, 1.165) is 18.6 Å². The van der Waals surface area contributed by atoms with E-state index in [0.29, 0.717) is 30.8 Å². The van der Waals surface area contributed by atoms with Gasteiger partial charge in [0.2, 0.25) is 10.0 Å². The third-order valence-electron chi connectivity index (χ3n) is 3.77. The van der Waals surface area contributed by atoms with Gasteiger partial charge < -0.3 is 4.42 Å². The monoisotopic (exact) mass is 299 g/mol. The van der Waals surface area contributed by atoms with Gasteiger partial charge in [0.1, 0.15) is 11.5 Å². The van der Waals surface area contributed by atoms with Crippen LogP contribution in [0.3, 0.4) is 0 Å². The Morgan fingerprint density at radius 1 is 1.45 bits per heavy atom. The molecule has 0 saturated carbocycles. The molecule has 1 aromatic rings. The van der Waals surface area contributed by atoms with E-state index in [-0.39, 0.29) is 11.7 Å². The predicted molar refractivity (Wildman–Crippen MR) is 76.3 cm³/mol. The lowest BCUT2D eigenvalue weighted by Crippen LogP contribution is -2.39. The molecule has 0 aliphatic carbocycles. The van der Waals surface area contributed by atoms with Crippen molar-refractivity contribution >= 4 is 15.8 Å². The Kier molecular flexibility index (Phi) is 4.34. The summed E-state index contributed by atoms with van der Waals surface area (Å²) in [5, 5.41) is 0. The van der Waals surface area contributed by atoms with E-state index in [1.165, 1.54) is 10.6 Å². The smallest absolute Gasteiger partial charge is 0.211 e. The number of Topliss-reactive ketones (excluding diaryl/α,β-unsaturated/α-hetero) is 1. The third kappa shape index (κ3) is 3.49. The number of nitrogens with zero attached hydrogens (tertiary/aromatic N) is 1. The fraction of sp³-hybridized carbons (Fsp3) is 0.643. The number of ketones is 1. The highest BCUT2D eigenvalue weighted by atomic mass is 32.2. The Morgan fingerprint density at radius 3 is 2.70 bits per heavy atom. The molecule has 1 aromatic heterocycles. The summed E-state index contributed by atoms with van der Waals surface area (Å²) in [7, 11) is -3.16. The molecule has 112 valence electrons. The fourth-order valence-electron chi connectivity index (χ4n) is 2.77. The maximum atomic E-state index is 12.3. The molecule has 1 fully saturated rings. The van der Waals surface area contributed by atoms with Crippen LogP contribution in [0.15, 0.2) is 10.5 Å². The number of piperidine rings is 1. The summed E-state index contributed by atoms with van der Waals surface area (Å²) in [4.78, 5) is 12.3. The first-order valence-corrected chi connectivity index (χ1v) is 8.67. The van der Waals surface area contributed by atoms with Crippen LogP contribution >= 0.6 is 0 Å². The lowest BCUT2D eigenvalue weighted by atomic mass is 9.92. The van der Waals surface area contributed by atoms with Gasteiger partial charge in [-0.15, -0.1) is 0 Å². The van der Waals surface area contributed by atoms with Gasteiger partial charge in [0, 0.05) is 19.5 Å². The van der Waals surface area contributed by atoms with Gasteiger partial charge in [-0.3, -0.25) is 4.79 Å². The molecule has 0 radical (unpaired) electrons. The molecule has 20 heavy (non-hydrogen) atoms. The quantitative estimate of drug-likeness (QED) is 0.799. The van der Waals surface area contributed by atoms with E-state index in [1.807, 2.05) is 6.92 Å². The number of furan rings is 1. The van der Waals surface area contributed by atoms with Crippen LogP contribution in [0.1, 0.15) is 41.1 Å². The van der Waals surface area contributed by atoms with E-state index in [4.69, 9.17) is 4.42 Å². The number of rotatable bonds is 4. The summed E-state index contributed by atoms with van der Waals surface area (Å²) in [6.07, 6.45) is 3.31. The van der Waals surface area contributed by atoms with E-state index in [9.17, 15) is 13.2 Å². The topological polar surface area (TPSA) is 67.6 Å². The Hall–Kier alpha value is -1.14. The van der Waals surface area contributed by atoms with Crippen molar-refractivity contribution in [2.75, 3.05) is 19.3 Å². The SMILES string of the molecule is Cc1cc(C(=O)CC2CCCN(S(C)(=O)=O)C2)c(C)o1. The van der Waals surface area contributed by atoms with Crippen LogP contribution in [0.25, 0.3) is 0 Å². The van der Waals surface area contributed by atoms with Gasteiger partial charge in [0.05, 0.1) is 11.8 Å². The first-order chi connectivity index (χ1) is 9.27.